The zero-order valence-corrected chi connectivity index (χ0v) is 51.3. The van der Waals surface area contributed by atoms with Crippen molar-refractivity contribution in [2.45, 2.75) is 380 Å². The molecule has 0 amide bonds. The van der Waals surface area contributed by atoms with Crippen LogP contribution in [-0.2, 0) is 28.6 Å². The van der Waals surface area contributed by atoms with E-state index in [9.17, 15) is 14.4 Å². The van der Waals surface area contributed by atoms with Gasteiger partial charge < -0.3 is 14.2 Å². The standard InChI is InChI=1S/C70H130O6/c1-4-7-10-13-16-19-22-25-28-31-33-35-37-39-42-45-48-51-54-57-60-63-69(72)75-66-67(65-74-68(71)62-59-56-53-50-47-44-41-38-30-27-24-21-18-15-12-9-6-3)76-70(73)64-61-58-55-52-49-46-43-40-36-34-32-29-26-23-20-17-14-11-8-5-2/h18,21,27,30-31,33,67H,4-17,19-20,22-26,28-29,32,34-66H2,1-3H3/b21-18-,30-27-,33-31-. The van der Waals surface area contributed by atoms with Crippen molar-refractivity contribution in [1.82, 2.24) is 0 Å². The van der Waals surface area contributed by atoms with Crippen LogP contribution < -0.4 is 0 Å². The van der Waals surface area contributed by atoms with Gasteiger partial charge in [0.2, 0.25) is 0 Å². The lowest BCUT2D eigenvalue weighted by Gasteiger charge is -2.18. The fourth-order valence-electron chi connectivity index (χ4n) is 10.2. The van der Waals surface area contributed by atoms with Gasteiger partial charge in [-0.2, -0.15) is 0 Å². The van der Waals surface area contributed by atoms with E-state index in [1.807, 2.05) is 0 Å². The summed E-state index contributed by atoms with van der Waals surface area (Å²) in [5.74, 6) is -0.853. The third-order valence-electron chi connectivity index (χ3n) is 15.4. The van der Waals surface area contributed by atoms with E-state index in [1.165, 1.54) is 263 Å². The highest BCUT2D eigenvalue weighted by atomic mass is 16.6. The molecule has 6 nitrogen and oxygen atoms in total. The first kappa shape index (κ1) is 73.6. The van der Waals surface area contributed by atoms with Gasteiger partial charge in [-0.15, -0.1) is 0 Å². The molecule has 0 saturated carbocycles. The van der Waals surface area contributed by atoms with Crippen molar-refractivity contribution in [2.75, 3.05) is 13.2 Å². The molecule has 0 bridgehead atoms. The zero-order chi connectivity index (χ0) is 55.0. The van der Waals surface area contributed by atoms with Gasteiger partial charge in [-0.3, -0.25) is 14.4 Å². The monoisotopic (exact) mass is 1070 g/mol. The molecule has 6 heteroatoms. The molecule has 0 aliphatic heterocycles. The van der Waals surface area contributed by atoms with Crippen LogP contribution >= 0.6 is 0 Å². The maximum Gasteiger partial charge on any atom is 0.306 e. The van der Waals surface area contributed by atoms with Crippen LogP contribution in [0.3, 0.4) is 0 Å². The molecule has 0 saturated heterocycles. The maximum absolute atomic E-state index is 12.9. The van der Waals surface area contributed by atoms with Crippen LogP contribution in [0.15, 0.2) is 36.5 Å². The van der Waals surface area contributed by atoms with Crippen molar-refractivity contribution in [1.29, 1.82) is 0 Å². The minimum absolute atomic E-state index is 0.0713. The number of unbranched alkanes of at least 4 members (excludes halogenated alkanes) is 46. The quantitative estimate of drug-likeness (QED) is 0.0261. The summed E-state index contributed by atoms with van der Waals surface area (Å²) in [6.07, 6.45) is 80.1. The Hall–Kier alpha value is -2.37. The first-order valence-electron chi connectivity index (χ1n) is 34.0. The van der Waals surface area contributed by atoms with Crippen LogP contribution in [0.4, 0.5) is 0 Å². The summed E-state index contributed by atoms with van der Waals surface area (Å²) in [6, 6.07) is 0. The van der Waals surface area contributed by atoms with Gasteiger partial charge in [0.25, 0.3) is 0 Å². The van der Waals surface area contributed by atoms with Crippen LogP contribution in [0.5, 0.6) is 0 Å². The van der Waals surface area contributed by atoms with Gasteiger partial charge in [-0.05, 0) is 77.0 Å². The van der Waals surface area contributed by atoms with Crippen LogP contribution in [0.25, 0.3) is 0 Å². The molecule has 0 radical (unpaired) electrons. The van der Waals surface area contributed by atoms with E-state index in [0.717, 1.165) is 70.6 Å². The van der Waals surface area contributed by atoms with Crippen molar-refractivity contribution in [2.24, 2.45) is 0 Å². The fourth-order valence-corrected chi connectivity index (χ4v) is 10.2. The highest BCUT2D eigenvalue weighted by molar-refractivity contribution is 5.71. The predicted octanol–water partition coefficient (Wildman–Crippen LogP) is 23.2. The van der Waals surface area contributed by atoms with Crippen molar-refractivity contribution in [3.05, 3.63) is 36.5 Å². The molecule has 0 aliphatic rings. The van der Waals surface area contributed by atoms with Gasteiger partial charge in [0.05, 0.1) is 0 Å². The lowest BCUT2D eigenvalue weighted by Crippen LogP contribution is -2.30. The molecule has 0 aromatic carbocycles. The molecule has 0 aromatic rings. The number of hydrogen-bond donors (Lipinski definition) is 0. The van der Waals surface area contributed by atoms with Crippen LogP contribution in [0.1, 0.15) is 374 Å². The summed E-state index contributed by atoms with van der Waals surface area (Å²) >= 11 is 0. The van der Waals surface area contributed by atoms with E-state index in [0.29, 0.717) is 19.3 Å². The Morgan fingerprint density at radius 3 is 0.763 bits per heavy atom. The topological polar surface area (TPSA) is 78.9 Å². The van der Waals surface area contributed by atoms with Gasteiger partial charge >= 0.3 is 17.9 Å². The molecule has 0 aromatic heterocycles. The minimum atomic E-state index is -0.775. The van der Waals surface area contributed by atoms with Crippen molar-refractivity contribution in [3.8, 4) is 0 Å². The Morgan fingerprint density at radius 1 is 0.263 bits per heavy atom. The predicted molar refractivity (Wildman–Crippen MR) is 330 cm³/mol. The smallest absolute Gasteiger partial charge is 0.306 e. The Kier molecular flexibility index (Phi) is 63.1. The molecular weight excluding hydrogens is 937 g/mol. The molecule has 0 spiro atoms. The number of ether oxygens (including phenoxy) is 3. The lowest BCUT2D eigenvalue weighted by atomic mass is 10.0. The van der Waals surface area contributed by atoms with E-state index in [2.05, 4.69) is 57.2 Å². The number of allylic oxidation sites excluding steroid dienone is 6. The summed E-state index contributed by atoms with van der Waals surface area (Å²) in [6.45, 7) is 6.68. The van der Waals surface area contributed by atoms with E-state index >= 15 is 0 Å². The van der Waals surface area contributed by atoms with Gasteiger partial charge in [-0.1, -0.05) is 314 Å². The number of carbonyl (C=O) groups is 3. The minimum Gasteiger partial charge on any atom is -0.462 e. The second-order valence-electron chi connectivity index (χ2n) is 23.1. The van der Waals surface area contributed by atoms with E-state index in [4.69, 9.17) is 14.2 Å². The van der Waals surface area contributed by atoms with E-state index in [1.54, 1.807) is 0 Å². The maximum atomic E-state index is 12.9. The number of esters is 3. The molecular formula is C70H130O6. The number of rotatable bonds is 63. The first-order valence-corrected chi connectivity index (χ1v) is 34.0. The average molecular weight is 1070 g/mol. The van der Waals surface area contributed by atoms with Crippen LogP contribution in [0, 0.1) is 0 Å². The second-order valence-corrected chi connectivity index (χ2v) is 23.1. The van der Waals surface area contributed by atoms with Gasteiger partial charge in [-0.25, -0.2) is 0 Å². The number of carbonyl (C=O) groups excluding carboxylic acids is 3. The summed E-state index contributed by atoms with van der Waals surface area (Å²) < 4.78 is 17.0. The summed E-state index contributed by atoms with van der Waals surface area (Å²) in [5.41, 5.74) is 0. The largest absolute Gasteiger partial charge is 0.462 e. The lowest BCUT2D eigenvalue weighted by molar-refractivity contribution is -0.167. The number of hydrogen-bond acceptors (Lipinski definition) is 6. The summed E-state index contributed by atoms with van der Waals surface area (Å²) in [5, 5.41) is 0. The van der Waals surface area contributed by atoms with Crippen LogP contribution in [-0.4, -0.2) is 37.2 Å². The van der Waals surface area contributed by atoms with Crippen LogP contribution in [0.2, 0.25) is 0 Å². The Bertz CT molecular complexity index is 1270. The normalized spacial score (nSPS) is 12.2. The highest BCUT2D eigenvalue weighted by Gasteiger charge is 2.19. The zero-order valence-electron chi connectivity index (χ0n) is 51.3. The molecule has 0 N–H and O–H groups in total. The average Bonchev–Trinajstić information content (AvgIpc) is 3.42. The van der Waals surface area contributed by atoms with Crippen molar-refractivity contribution in [3.63, 3.8) is 0 Å². The van der Waals surface area contributed by atoms with Gasteiger partial charge in [0, 0.05) is 19.3 Å². The first-order chi connectivity index (χ1) is 37.5. The Balaban J connectivity index is 4.32. The SMILES string of the molecule is CCCCC/C=C\C/C=C\CCCCCCCCCC(=O)OCC(COC(=O)CCCCCCCCCCC/C=C\CCCCCCCCCC)OC(=O)CCCCCCCCCCCCCCCCCCCCCC. The molecule has 0 aliphatic carbocycles. The summed E-state index contributed by atoms with van der Waals surface area (Å²) in [4.78, 5) is 38.4. The molecule has 1 unspecified atom stereocenters. The third-order valence-corrected chi connectivity index (χ3v) is 15.4. The fraction of sp³-hybridized carbons (Fsp3) is 0.871. The molecule has 0 rings (SSSR count). The second kappa shape index (κ2) is 65.2. The van der Waals surface area contributed by atoms with Crippen molar-refractivity contribution < 1.29 is 28.6 Å². The molecule has 76 heavy (non-hydrogen) atoms. The third kappa shape index (κ3) is 62.5. The van der Waals surface area contributed by atoms with Gasteiger partial charge in [0.15, 0.2) is 6.10 Å². The van der Waals surface area contributed by atoms with Crippen molar-refractivity contribution >= 4 is 17.9 Å². The molecule has 0 fully saturated rings. The van der Waals surface area contributed by atoms with Gasteiger partial charge in [0.1, 0.15) is 13.2 Å². The molecule has 1 atom stereocenters. The molecule has 446 valence electrons. The highest BCUT2D eigenvalue weighted by Crippen LogP contribution is 2.18. The Labute approximate surface area is 474 Å². The van der Waals surface area contributed by atoms with E-state index in [-0.39, 0.29) is 31.1 Å². The van der Waals surface area contributed by atoms with E-state index < -0.39 is 6.10 Å². The molecule has 0 heterocycles. The summed E-state index contributed by atoms with van der Waals surface area (Å²) in [7, 11) is 0. The Morgan fingerprint density at radius 2 is 0.474 bits per heavy atom.